The molecule has 2 aromatic carbocycles. The molecule has 2 aliphatic heterocycles. The molecule has 0 radical (unpaired) electrons. The van der Waals surface area contributed by atoms with Gasteiger partial charge in [0.2, 0.25) is 0 Å². The number of hydrogen-bond donors (Lipinski definition) is 0. The normalized spacial score (nSPS) is 18.8. The molecule has 5 aromatic rings. The van der Waals surface area contributed by atoms with E-state index in [9.17, 15) is 14.9 Å². The van der Waals surface area contributed by atoms with E-state index in [4.69, 9.17) is 32.9 Å². The number of fused-ring (bicyclic) bond motifs is 4. The first-order valence-corrected chi connectivity index (χ1v) is 19.0. The van der Waals surface area contributed by atoms with Crippen LogP contribution in [0, 0.1) is 23.1 Å². The van der Waals surface area contributed by atoms with Crippen LogP contribution in [-0.4, -0.2) is 50.1 Å². The average molecular weight is 747 g/mol. The van der Waals surface area contributed by atoms with Gasteiger partial charge in [-0.1, -0.05) is 48.3 Å². The molecule has 12 heteroatoms. The van der Waals surface area contributed by atoms with Gasteiger partial charge in [-0.25, -0.2) is 14.2 Å². The lowest BCUT2D eigenvalue weighted by molar-refractivity contribution is 0.0285. The molecule has 2 aliphatic rings. The van der Waals surface area contributed by atoms with Crippen LogP contribution in [0.15, 0.2) is 58.4 Å². The van der Waals surface area contributed by atoms with Gasteiger partial charge in [0.1, 0.15) is 16.1 Å². The fourth-order valence-electron chi connectivity index (χ4n) is 7.83. The van der Waals surface area contributed by atoms with Gasteiger partial charge in [0.25, 0.3) is 5.56 Å². The van der Waals surface area contributed by atoms with Crippen molar-refractivity contribution in [1.82, 2.24) is 19.0 Å². The molecule has 0 aliphatic carbocycles. The predicted molar refractivity (Wildman–Crippen MR) is 202 cm³/mol. The minimum Gasteiger partial charge on any atom is -0.444 e. The number of ether oxygens (including phenoxy) is 1. The fraction of sp³-hybridized carbons (Fsp3) is 0.385. The maximum absolute atomic E-state index is 17.3. The van der Waals surface area contributed by atoms with E-state index in [1.54, 1.807) is 35.2 Å². The number of carbonyl (C=O) groups is 1. The van der Waals surface area contributed by atoms with E-state index in [0.717, 1.165) is 28.7 Å². The quantitative estimate of drug-likeness (QED) is 0.161. The van der Waals surface area contributed by atoms with Gasteiger partial charge < -0.3 is 18.8 Å². The summed E-state index contributed by atoms with van der Waals surface area (Å²) < 4.78 is 27.2. The fourth-order valence-corrected chi connectivity index (χ4v) is 8.78. The molecule has 1 saturated heterocycles. The van der Waals surface area contributed by atoms with Crippen molar-refractivity contribution in [2.75, 3.05) is 19.3 Å². The Kier molecular flexibility index (Phi) is 9.36. The number of likely N-dealkylation sites (tertiary alicyclic amines) is 1. The second kappa shape index (κ2) is 13.5. The summed E-state index contributed by atoms with van der Waals surface area (Å²) in [5, 5.41) is 12.2. The van der Waals surface area contributed by atoms with Crippen molar-refractivity contribution in [3.05, 3.63) is 91.7 Å². The molecule has 51 heavy (non-hydrogen) atoms. The molecular formula is C39H38Cl2FN5O3S. The molecule has 0 saturated carbocycles. The van der Waals surface area contributed by atoms with Gasteiger partial charge in [-0.3, -0.25) is 4.79 Å². The average Bonchev–Trinajstić information content (AvgIpc) is 3.80. The summed E-state index contributed by atoms with van der Waals surface area (Å²) in [5.41, 5.74) is 3.38. The molecule has 1 fully saturated rings. The number of hydrogen-bond acceptors (Lipinski definition) is 6. The predicted octanol–water partition coefficient (Wildman–Crippen LogP) is 9.61. The van der Waals surface area contributed by atoms with Gasteiger partial charge in [0.05, 0.1) is 33.7 Å². The van der Waals surface area contributed by atoms with E-state index in [1.165, 1.54) is 11.8 Å². The molecule has 3 aromatic heterocycles. The lowest BCUT2D eigenvalue weighted by Gasteiger charge is -2.27. The van der Waals surface area contributed by atoms with E-state index in [1.807, 2.05) is 43.7 Å². The van der Waals surface area contributed by atoms with Crippen LogP contribution in [0.1, 0.15) is 69.6 Å². The van der Waals surface area contributed by atoms with Crippen molar-refractivity contribution in [1.29, 1.82) is 5.26 Å². The summed E-state index contributed by atoms with van der Waals surface area (Å²) in [5.74, 6) is -0.554. The van der Waals surface area contributed by atoms with Crippen LogP contribution in [0.5, 0.6) is 0 Å². The molecule has 0 bridgehead atoms. The highest BCUT2D eigenvalue weighted by molar-refractivity contribution is 7.98. The molecule has 7 rings (SSSR count). The van der Waals surface area contributed by atoms with Crippen LogP contribution < -0.4 is 5.56 Å². The maximum Gasteiger partial charge on any atom is 0.410 e. The Hall–Kier alpha value is -4.04. The van der Waals surface area contributed by atoms with Crippen LogP contribution in [0.3, 0.4) is 0 Å². The molecule has 0 N–H and O–H groups in total. The number of amides is 1. The number of rotatable bonds is 6. The van der Waals surface area contributed by atoms with E-state index >= 15 is 4.39 Å². The summed E-state index contributed by atoms with van der Waals surface area (Å²) >= 11 is 14.5. The van der Waals surface area contributed by atoms with Crippen molar-refractivity contribution < 1.29 is 13.9 Å². The SMILES string of the molecule is CSc1nc2c(F)c(-c3cccc(Cl)c3Cl)c(CCC#N)cc2c2c1cc(C1CCc3cccc(=O)n31)n2[C@@H]1CN(C(=O)OC(C)(C)C)C[C@H]1C. The Bertz CT molecular complexity index is 2330. The zero-order valence-corrected chi connectivity index (χ0v) is 31.4. The highest BCUT2D eigenvalue weighted by Gasteiger charge is 2.40. The number of halogens is 3. The zero-order valence-electron chi connectivity index (χ0n) is 29.1. The van der Waals surface area contributed by atoms with Crippen LogP contribution in [0.4, 0.5) is 9.18 Å². The number of pyridine rings is 2. The lowest BCUT2D eigenvalue weighted by Crippen LogP contribution is -2.35. The molecule has 1 unspecified atom stereocenters. The molecule has 1 amide bonds. The second-order valence-electron chi connectivity index (χ2n) is 14.4. The van der Waals surface area contributed by atoms with Gasteiger partial charge in [0.15, 0.2) is 5.82 Å². The smallest absolute Gasteiger partial charge is 0.410 e. The zero-order chi connectivity index (χ0) is 36.4. The van der Waals surface area contributed by atoms with Crippen LogP contribution in [0.2, 0.25) is 10.0 Å². The van der Waals surface area contributed by atoms with Gasteiger partial charge in [-0.15, -0.1) is 11.8 Å². The second-order valence-corrected chi connectivity index (χ2v) is 16.0. The van der Waals surface area contributed by atoms with E-state index in [2.05, 4.69) is 23.6 Å². The number of benzene rings is 2. The molecule has 0 spiro atoms. The molecular weight excluding hydrogens is 708 g/mol. The summed E-state index contributed by atoms with van der Waals surface area (Å²) in [6, 6.07) is 16.2. The number of nitriles is 1. The Morgan fingerprint density at radius 2 is 1.88 bits per heavy atom. The van der Waals surface area contributed by atoms with E-state index < -0.39 is 11.4 Å². The van der Waals surface area contributed by atoms with Crippen molar-refractivity contribution in [3.63, 3.8) is 0 Å². The number of thioether (sulfide) groups is 1. The van der Waals surface area contributed by atoms with Gasteiger partial charge >= 0.3 is 6.09 Å². The largest absolute Gasteiger partial charge is 0.444 e. The van der Waals surface area contributed by atoms with Gasteiger partial charge in [0, 0.05) is 58.9 Å². The Morgan fingerprint density at radius 1 is 1.12 bits per heavy atom. The third-order valence-electron chi connectivity index (χ3n) is 9.97. The number of aryl methyl sites for hydroxylation is 2. The maximum atomic E-state index is 17.3. The molecule has 8 nitrogen and oxygen atoms in total. The van der Waals surface area contributed by atoms with Crippen LogP contribution in [-0.2, 0) is 17.6 Å². The first-order valence-electron chi connectivity index (χ1n) is 17.1. The summed E-state index contributed by atoms with van der Waals surface area (Å²) in [6.07, 6.45) is 3.41. The van der Waals surface area contributed by atoms with Crippen molar-refractivity contribution >= 4 is 62.9 Å². The minimum absolute atomic E-state index is 0.00590. The van der Waals surface area contributed by atoms with E-state index in [-0.39, 0.29) is 58.6 Å². The van der Waals surface area contributed by atoms with Crippen LogP contribution >= 0.6 is 35.0 Å². The van der Waals surface area contributed by atoms with Crippen molar-refractivity contribution in [2.45, 2.75) is 76.1 Å². The first-order chi connectivity index (χ1) is 24.3. The van der Waals surface area contributed by atoms with Crippen molar-refractivity contribution in [3.8, 4) is 17.2 Å². The Morgan fingerprint density at radius 3 is 2.61 bits per heavy atom. The monoisotopic (exact) mass is 745 g/mol. The third-order valence-corrected chi connectivity index (χ3v) is 11.5. The first kappa shape index (κ1) is 35.4. The standard InChI is InChI=1S/C39H38Cl2FN5O3S/c1-21-19-45(38(49)50-39(2,3)4)20-30(21)47-29(28-15-14-23-10-6-13-31(48)46(23)28)18-26-36(47)25-17-22(9-8-16-43)32(24-11-7-12-27(40)33(24)41)34(42)35(25)44-37(26)51-5/h6-7,10-13,17-18,21,28,30H,8-9,14-15,19-20H2,1-5H3/t21-,28?,30-/m1/s1. The highest BCUT2D eigenvalue weighted by atomic mass is 35.5. The number of carbonyl (C=O) groups excluding carboxylic acids is 1. The van der Waals surface area contributed by atoms with Gasteiger partial charge in [-0.05, 0) is 82.0 Å². The minimum atomic E-state index is -0.658. The number of nitrogens with zero attached hydrogens (tertiary/aromatic N) is 5. The van der Waals surface area contributed by atoms with Gasteiger partial charge in [-0.2, -0.15) is 5.26 Å². The molecule has 5 heterocycles. The summed E-state index contributed by atoms with van der Waals surface area (Å²) in [6.45, 7) is 8.49. The van der Waals surface area contributed by atoms with E-state index in [0.29, 0.717) is 46.1 Å². The Balaban J connectivity index is 1.55. The molecule has 264 valence electrons. The molecule has 3 atom stereocenters. The summed E-state index contributed by atoms with van der Waals surface area (Å²) in [4.78, 5) is 33.5. The highest BCUT2D eigenvalue weighted by Crippen LogP contribution is 2.46. The summed E-state index contributed by atoms with van der Waals surface area (Å²) in [7, 11) is 0. The Labute approximate surface area is 310 Å². The van der Waals surface area contributed by atoms with Crippen molar-refractivity contribution in [2.24, 2.45) is 5.92 Å². The third kappa shape index (κ3) is 6.17. The number of aromatic nitrogens is 3. The lowest BCUT2D eigenvalue weighted by atomic mass is 9.93. The topological polar surface area (TPSA) is 93.1 Å². The van der Waals surface area contributed by atoms with Crippen LogP contribution in [0.25, 0.3) is 32.9 Å².